The molecule has 3 aliphatic rings. The third-order valence-corrected chi connectivity index (χ3v) is 7.17. The SMILES string of the molecule is CN(Cc1ccc2c(c1)CN(Cc1c(F)cccc1Cl)CCO2)CC1CC(C2CC2)NN1. The summed E-state index contributed by atoms with van der Waals surface area (Å²) in [4.78, 5) is 4.58. The lowest BCUT2D eigenvalue weighted by Crippen LogP contribution is -2.39. The standard InChI is InChI=1S/C25H32ClFN4O/c1-30(15-20-12-24(29-28-20)18-6-7-18)13-17-5-8-25-19(11-17)14-31(9-10-32-25)16-21-22(26)3-2-4-23(21)27/h2-5,8,11,18,20,24,28-29H,6-7,9-10,12-16H2,1H3. The molecule has 2 aromatic carbocycles. The zero-order chi connectivity index (χ0) is 22.1. The average molecular weight is 459 g/mol. The van der Waals surface area contributed by atoms with Crippen molar-refractivity contribution in [3.05, 3.63) is 63.9 Å². The Morgan fingerprint density at radius 3 is 2.91 bits per heavy atom. The minimum Gasteiger partial charge on any atom is -0.492 e. The Labute approximate surface area is 194 Å². The zero-order valence-electron chi connectivity index (χ0n) is 18.6. The molecule has 0 aromatic heterocycles. The fraction of sp³-hybridized carbons (Fsp3) is 0.520. The minimum atomic E-state index is -0.253. The molecule has 2 fully saturated rings. The lowest BCUT2D eigenvalue weighted by molar-refractivity contribution is 0.217. The van der Waals surface area contributed by atoms with Crippen LogP contribution in [0.2, 0.25) is 5.02 Å². The van der Waals surface area contributed by atoms with Crippen LogP contribution in [-0.2, 0) is 19.6 Å². The van der Waals surface area contributed by atoms with Crippen LogP contribution in [0.15, 0.2) is 36.4 Å². The van der Waals surface area contributed by atoms with E-state index < -0.39 is 0 Å². The molecule has 2 aliphatic heterocycles. The van der Waals surface area contributed by atoms with Crippen LogP contribution in [0.5, 0.6) is 5.75 Å². The lowest BCUT2D eigenvalue weighted by Gasteiger charge is -2.22. The lowest BCUT2D eigenvalue weighted by atomic mass is 10.1. The van der Waals surface area contributed by atoms with Crippen molar-refractivity contribution in [2.45, 2.75) is 51.0 Å². The molecule has 2 unspecified atom stereocenters. The summed E-state index contributed by atoms with van der Waals surface area (Å²) in [5.74, 6) is 1.55. The maximum atomic E-state index is 14.3. The first-order valence-corrected chi connectivity index (χ1v) is 12.0. The Morgan fingerprint density at radius 2 is 2.09 bits per heavy atom. The van der Waals surface area contributed by atoms with Gasteiger partial charge in [-0.15, -0.1) is 0 Å². The summed E-state index contributed by atoms with van der Waals surface area (Å²) in [7, 11) is 2.18. The number of hydrogen-bond donors (Lipinski definition) is 2. The first-order chi connectivity index (χ1) is 15.5. The summed E-state index contributed by atoms with van der Waals surface area (Å²) in [6, 6.07) is 12.5. The van der Waals surface area contributed by atoms with E-state index >= 15 is 0 Å². The van der Waals surface area contributed by atoms with E-state index in [9.17, 15) is 4.39 Å². The number of halogens is 2. The number of nitrogens with zero attached hydrogens (tertiary/aromatic N) is 2. The third kappa shape index (κ3) is 5.26. The molecule has 0 spiro atoms. The van der Waals surface area contributed by atoms with E-state index in [2.05, 4.69) is 45.9 Å². The van der Waals surface area contributed by atoms with Crippen molar-refractivity contribution in [3.63, 3.8) is 0 Å². The maximum absolute atomic E-state index is 14.3. The molecular weight excluding hydrogens is 427 g/mol. The number of benzene rings is 2. The van der Waals surface area contributed by atoms with Crippen LogP contribution in [-0.4, -0.2) is 48.6 Å². The van der Waals surface area contributed by atoms with Crippen molar-refractivity contribution in [3.8, 4) is 5.75 Å². The molecule has 0 amide bonds. The molecule has 32 heavy (non-hydrogen) atoms. The first kappa shape index (κ1) is 22.1. The average Bonchev–Trinajstić information content (AvgIpc) is 3.54. The smallest absolute Gasteiger partial charge is 0.129 e. The van der Waals surface area contributed by atoms with Crippen molar-refractivity contribution in [2.75, 3.05) is 26.7 Å². The predicted octanol–water partition coefficient (Wildman–Crippen LogP) is 3.95. The summed E-state index contributed by atoms with van der Waals surface area (Å²) in [5, 5.41) is 0.477. The van der Waals surface area contributed by atoms with Crippen LogP contribution >= 0.6 is 11.6 Å². The summed E-state index contributed by atoms with van der Waals surface area (Å²) in [5.41, 5.74) is 9.93. The summed E-state index contributed by atoms with van der Waals surface area (Å²) >= 11 is 6.26. The first-order valence-electron chi connectivity index (χ1n) is 11.6. The van der Waals surface area contributed by atoms with Gasteiger partial charge in [-0.05, 0) is 62.1 Å². The number of likely N-dealkylation sites (N-methyl/N-ethyl adjacent to an activating group) is 1. The van der Waals surface area contributed by atoms with Gasteiger partial charge in [-0.2, -0.15) is 0 Å². The van der Waals surface area contributed by atoms with Gasteiger partial charge in [0.15, 0.2) is 0 Å². The molecule has 2 atom stereocenters. The summed E-state index contributed by atoms with van der Waals surface area (Å²) in [6.07, 6.45) is 3.96. The highest BCUT2D eigenvalue weighted by atomic mass is 35.5. The third-order valence-electron chi connectivity index (χ3n) is 6.81. The quantitative estimate of drug-likeness (QED) is 0.657. The van der Waals surface area contributed by atoms with Gasteiger partial charge >= 0.3 is 0 Å². The highest BCUT2D eigenvalue weighted by molar-refractivity contribution is 6.31. The van der Waals surface area contributed by atoms with Gasteiger partial charge < -0.3 is 9.64 Å². The molecule has 1 aliphatic carbocycles. The van der Waals surface area contributed by atoms with E-state index in [1.54, 1.807) is 12.1 Å². The number of rotatable bonds is 7. The molecule has 0 radical (unpaired) electrons. The van der Waals surface area contributed by atoms with Crippen molar-refractivity contribution < 1.29 is 9.13 Å². The largest absolute Gasteiger partial charge is 0.492 e. The van der Waals surface area contributed by atoms with Crippen molar-refractivity contribution in [2.24, 2.45) is 5.92 Å². The summed E-state index contributed by atoms with van der Waals surface area (Å²) < 4.78 is 20.3. The fourth-order valence-corrected chi connectivity index (χ4v) is 5.20. The Balaban J connectivity index is 1.21. The number of hydrogen-bond acceptors (Lipinski definition) is 5. The van der Waals surface area contributed by atoms with Gasteiger partial charge in [-0.3, -0.25) is 15.8 Å². The number of fused-ring (bicyclic) bond motifs is 1. The fourth-order valence-electron chi connectivity index (χ4n) is 4.97. The molecule has 172 valence electrons. The Bertz CT molecular complexity index is 933. The highest BCUT2D eigenvalue weighted by Gasteiger charge is 2.36. The van der Waals surface area contributed by atoms with E-state index in [1.165, 1.54) is 30.9 Å². The highest BCUT2D eigenvalue weighted by Crippen LogP contribution is 2.35. The molecule has 2 aromatic rings. The van der Waals surface area contributed by atoms with Crippen LogP contribution in [0.4, 0.5) is 4.39 Å². The molecule has 1 saturated heterocycles. The molecule has 2 heterocycles. The van der Waals surface area contributed by atoms with E-state index in [4.69, 9.17) is 16.3 Å². The summed E-state index contributed by atoms with van der Waals surface area (Å²) in [6.45, 7) is 4.41. The van der Waals surface area contributed by atoms with E-state index in [1.807, 2.05) is 0 Å². The van der Waals surface area contributed by atoms with Gasteiger partial charge in [0, 0.05) is 61.0 Å². The van der Waals surface area contributed by atoms with E-state index in [-0.39, 0.29) is 5.82 Å². The monoisotopic (exact) mass is 458 g/mol. The molecular formula is C25H32ClFN4O. The minimum absolute atomic E-state index is 0.253. The van der Waals surface area contributed by atoms with Gasteiger partial charge in [-0.1, -0.05) is 23.7 Å². The Morgan fingerprint density at radius 1 is 1.22 bits per heavy atom. The van der Waals surface area contributed by atoms with Gasteiger partial charge in [0.2, 0.25) is 0 Å². The number of nitrogens with one attached hydrogen (secondary N) is 2. The van der Waals surface area contributed by atoms with Crippen LogP contribution in [0, 0.1) is 11.7 Å². The Kier molecular flexibility index (Phi) is 6.67. The van der Waals surface area contributed by atoms with Crippen molar-refractivity contribution in [1.29, 1.82) is 0 Å². The Hall–Kier alpha value is -1.70. The molecule has 1 saturated carbocycles. The zero-order valence-corrected chi connectivity index (χ0v) is 19.4. The van der Waals surface area contributed by atoms with Crippen molar-refractivity contribution >= 4 is 11.6 Å². The van der Waals surface area contributed by atoms with Crippen LogP contribution < -0.4 is 15.6 Å². The van der Waals surface area contributed by atoms with Crippen molar-refractivity contribution in [1.82, 2.24) is 20.7 Å². The molecule has 5 nitrogen and oxygen atoms in total. The normalized spacial score (nSPS) is 23.8. The molecule has 5 rings (SSSR count). The molecule has 2 N–H and O–H groups in total. The predicted molar refractivity (Wildman–Crippen MR) is 125 cm³/mol. The second-order valence-electron chi connectivity index (χ2n) is 9.56. The van der Waals surface area contributed by atoms with Crippen LogP contribution in [0.25, 0.3) is 0 Å². The second-order valence-corrected chi connectivity index (χ2v) is 9.97. The maximum Gasteiger partial charge on any atom is 0.129 e. The van der Waals surface area contributed by atoms with E-state index in [0.717, 1.165) is 36.9 Å². The van der Waals surface area contributed by atoms with E-state index in [0.29, 0.717) is 42.4 Å². The van der Waals surface area contributed by atoms with Crippen LogP contribution in [0.1, 0.15) is 36.0 Å². The molecule has 7 heteroatoms. The van der Waals surface area contributed by atoms with Gasteiger partial charge in [-0.25, -0.2) is 4.39 Å². The van der Waals surface area contributed by atoms with Crippen LogP contribution in [0.3, 0.4) is 0 Å². The number of ether oxygens (including phenoxy) is 1. The molecule has 0 bridgehead atoms. The van der Waals surface area contributed by atoms with Gasteiger partial charge in [0.05, 0.1) is 0 Å². The number of hydrazine groups is 1. The topological polar surface area (TPSA) is 39.8 Å². The van der Waals surface area contributed by atoms with Gasteiger partial charge in [0.1, 0.15) is 18.2 Å². The van der Waals surface area contributed by atoms with Gasteiger partial charge in [0.25, 0.3) is 0 Å². The second kappa shape index (κ2) is 9.65.